The van der Waals surface area contributed by atoms with Gasteiger partial charge in [-0.05, 0) is 56.0 Å². The van der Waals surface area contributed by atoms with Gasteiger partial charge in [-0.2, -0.15) is 0 Å². The first kappa shape index (κ1) is 26.6. The lowest BCUT2D eigenvalue weighted by atomic mass is 9.83. The van der Waals surface area contributed by atoms with Crippen molar-refractivity contribution >= 4 is 19.2 Å². The Kier molecular flexibility index (Phi) is 10.9. The third-order valence-corrected chi connectivity index (χ3v) is 8.96. The Bertz CT molecular complexity index is 765. The van der Waals surface area contributed by atoms with Gasteiger partial charge in [0, 0.05) is 12.6 Å². The van der Waals surface area contributed by atoms with E-state index in [0.717, 1.165) is 31.2 Å². The molecule has 7 nitrogen and oxygen atoms in total. The number of hydrogen-bond acceptors (Lipinski definition) is 4. The SMILES string of the molecule is CC1CCC(C(NC(=O)CCc2ccccc2)P(=O)(O)CC(CCCCN)C(=O)O)CC1. The van der Waals surface area contributed by atoms with Crippen molar-refractivity contribution in [2.24, 2.45) is 23.5 Å². The molecule has 0 spiro atoms. The van der Waals surface area contributed by atoms with Crippen molar-refractivity contribution in [1.29, 1.82) is 0 Å². The third kappa shape index (κ3) is 8.68. The average Bonchev–Trinajstić information content (AvgIpc) is 2.76. The van der Waals surface area contributed by atoms with Crippen molar-refractivity contribution in [3.05, 3.63) is 35.9 Å². The fourth-order valence-corrected chi connectivity index (χ4v) is 7.05. The molecule has 180 valence electrons. The fourth-order valence-electron chi connectivity index (χ4n) is 4.55. The summed E-state index contributed by atoms with van der Waals surface area (Å²) in [4.78, 5) is 35.5. The van der Waals surface area contributed by atoms with Crippen LogP contribution >= 0.6 is 7.37 Å². The molecule has 0 saturated heterocycles. The van der Waals surface area contributed by atoms with Gasteiger partial charge in [-0.1, -0.05) is 56.5 Å². The van der Waals surface area contributed by atoms with Gasteiger partial charge in [0.1, 0.15) is 5.78 Å². The summed E-state index contributed by atoms with van der Waals surface area (Å²) >= 11 is 0. The molecule has 0 heterocycles. The molecule has 0 aliphatic heterocycles. The second-order valence-electron chi connectivity index (χ2n) is 9.28. The van der Waals surface area contributed by atoms with E-state index in [-0.39, 0.29) is 24.4 Å². The first-order valence-corrected chi connectivity index (χ1v) is 13.7. The molecule has 1 fully saturated rings. The highest BCUT2D eigenvalue weighted by Gasteiger charge is 2.42. The summed E-state index contributed by atoms with van der Waals surface area (Å²) < 4.78 is 13.5. The summed E-state index contributed by atoms with van der Waals surface area (Å²) in [5, 5.41) is 12.5. The largest absolute Gasteiger partial charge is 0.481 e. The van der Waals surface area contributed by atoms with Crippen LogP contribution in [0.15, 0.2) is 30.3 Å². The first-order valence-electron chi connectivity index (χ1n) is 11.8. The zero-order valence-electron chi connectivity index (χ0n) is 19.1. The number of unbranched alkanes of at least 4 members (excludes halogenated alkanes) is 1. The van der Waals surface area contributed by atoms with Crippen LogP contribution in [-0.4, -0.2) is 40.4 Å². The van der Waals surface area contributed by atoms with E-state index in [1.807, 2.05) is 30.3 Å². The van der Waals surface area contributed by atoms with Crippen molar-refractivity contribution in [2.45, 2.75) is 70.5 Å². The number of hydrogen-bond donors (Lipinski definition) is 4. The van der Waals surface area contributed by atoms with E-state index in [1.165, 1.54) is 0 Å². The van der Waals surface area contributed by atoms with Crippen LogP contribution in [0.4, 0.5) is 0 Å². The van der Waals surface area contributed by atoms with Gasteiger partial charge < -0.3 is 21.1 Å². The molecule has 8 heteroatoms. The Labute approximate surface area is 191 Å². The van der Waals surface area contributed by atoms with Gasteiger partial charge in [0.2, 0.25) is 13.3 Å². The summed E-state index contributed by atoms with van der Waals surface area (Å²) in [7, 11) is -3.94. The summed E-state index contributed by atoms with van der Waals surface area (Å²) in [5.41, 5.74) is 6.53. The van der Waals surface area contributed by atoms with E-state index in [2.05, 4.69) is 12.2 Å². The molecular weight excluding hydrogens is 427 g/mol. The van der Waals surface area contributed by atoms with Crippen LogP contribution in [0.5, 0.6) is 0 Å². The lowest BCUT2D eigenvalue weighted by Gasteiger charge is -2.36. The second-order valence-corrected chi connectivity index (χ2v) is 11.7. The topological polar surface area (TPSA) is 130 Å². The normalized spacial score (nSPS) is 22.5. The van der Waals surface area contributed by atoms with Crippen LogP contribution in [-0.2, 0) is 20.6 Å². The molecule has 0 radical (unpaired) electrons. The highest BCUT2D eigenvalue weighted by Crippen LogP contribution is 2.53. The minimum Gasteiger partial charge on any atom is -0.481 e. The van der Waals surface area contributed by atoms with E-state index in [0.29, 0.717) is 38.1 Å². The monoisotopic (exact) mass is 466 g/mol. The number of aryl methyl sites for hydroxylation is 1. The predicted molar refractivity (Wildman–Crippen MR) is 127 cm³/mol. The molecule has 1 aliphatic carbocycles. The zero-order valence-corrected chi connectivity index (χ0v) is 20.0. The number of amides is 1. The van der Waals surface area contributed by atoms with E-state index < -0.39 is 25.0 Å². The van der Waals surface area contributed by atoms with Gasteiger partial charge in [-0.15, -0.1) is 0 Å². The Hall–Kier alpha value is -1.69. The Morgan fingerprint density at radius 3 is 2.41 bits per heavy atom. The number of carbonyl (C=O) groups excluding carboxylic acids is 1. The van der Waals surface area contributed by atoms with Crippen molar-refractivity contribution in [2.75, 3.05) is 12.7 Å². The quantitative estimate of drug-likeness (QED) is 0.257. The molecule has 2 rings (SSSR count). The minimum atomic E-state index is -3.94. The number of carboxylic acid groups (broad SMARTS) is 1. The van der Waals surface area contributed by atoms with Gasteiger partial charge in [0.15, 0.2) is 0 Å². The molecule has 3 atom stereocenters. The molecular formula is C24H39N2O5P. The highest BCUT2D eigenvalue weighted by molar-refractivity contribution is 7.58. The maximum absolute atomic E-state index is 13.5. The van der Waals surface area contributed by atoms with Crippen LogP contribution in [0, 0.1) is 17.8 Å². The molecule has 1 saturated carbocycles. The Morgan fingerprint density at radius 1 is 1.16 bits per heavy atom. The Balaban J connectivity index is 2.10. The van der Waals surface area contributed by atoms with Crippen LogP contribution < -0.4 is 11.1 Å². The second kappa shape index (κ2) is 13.1. The van der Waals surface area contributed by atoms with Gasteiger partial charge in [0.25, 0.3) is 0 Å². The summed E-state index contributed by atoms with van der Waals surface area (Å²) in [6.07, 6.45) is 5.47. The number of rotatable bonds is 13. The molecule has 1 aliphatic rings. The zero-order chi connectivity index (χ0) is 23.6. The molecule has 3 unspecified atom stereocenters. The third-order valence-electron chi connectivity index (χ3n) is 6.57. The maximum Gasteiger partial charge on any atom is 0.307 e. The molecule has 5 N–H and O–H groups in total. The molecule has 1 aromatic carbocycles. The van der Waals surface area contributed by atoms with Crippen molar-refractivity contribution in [1.82, 2.24) is 5.32 Å². The number of nitrogens with two attached hydrogens (primary N) is 1. The van der Waals surface area contributed by atoms with Gasteiger partial charge in [-0.3, -0.25) is 14.2 Å². The smallest absolute Gasteiger partial charge is 0.307 e. The Morgan fingerprint density at radius 2 is 1.81 bits per heavy atom. The van der Waals surface area contributed by atoms with Gasteiger partial charge in [-0.25, -0.2) is 0 Å². The van der Waals surface area contributed by atoms with E-state index >= 15 is 0 Å². The van der Waals surface area contributed by atoms with Crippen LogP contribution in [0.25, 0.3) is 0 Å². The molecule has 1 amide bonds. The molecule has 0 bridgehead atoms. The number of aliphatic carboxylic acids is 1. The highest BCUT2D eigenvalue weighted by atomic mass is 31.2. The first-order chi connectivity index (χ1) is 15.2. The van der Waals surface area contributed by atoms with E-state index in [9.17, 15) is 24.2 Å². The van der Waals surface area contributed by atoms with Crippen molar-refractivity contribution in [3.63, 3.8) is 0 Å². The van der Waals surface area contributed by atoms with Gasteiger partial charge in [0.05, 0.1) is 5.92 Å². The van der Waals surface area contributed by atoms with E-state index in [1.54, 1.807) is 0 Å². The number of benzene rings is 1. The van der Waals surface area contributed by atoms with Crippen LogP contribution in [0.2, 0.25) is 0 Å². The van der Waals surface area contributed by atoms with Gasteiger partial charge >= 0.3 is 5.97 Å². The summed E-state index contributed by atoms with van der Waals surface area (Å²) in [6, 6.07) is 9.64. The molecule has 32 heavy (non-hydrogen) atoms. The standard InChI is InChI=1S/C24H39N2O5P/c1-18-10-13-20(14-11-18)23(26-22(27)15-12-19-7-3-2-4-8-19)32(30,31)17-21(24(28)29)9-5-6-16-25/h2-4,7-8,18,20-21,23H,5-6,9-17,25H2,1H3,(H,26,27)(H,28,29)(H,30,31). The lowest BCUT2D eigenvalue weighted by molar-refractivity contribution is -0.141. The maximum atomic E-state index is 13.5. The number of carboxylic acids is 1. The summed E-state index contributed by atoms with van der Waals surface area (Å²) in [6.45, 7) is 2.63. The predicted octanol–water partition coefficient (Wildman–Crippen LogP) is 3.99. The van der Waals surface area contributed by atoms with Crippen LogP contribution in [0.1, 0.15) is 63.9 Å². The lowest BCUT2D eigenvalue weighted by Crippen LogP contribution is -2.43. The molecule has 0 aromatic heterocycles. The minimum absolute atomic E-state index is 0.110. The van der Waals surface area contributed by atoms with Crippen molar-refractivity contribution in [3.8, 4) is 0 Å². The van der Waals surface area contributed by atoms with Crippen LogP contribution in [0.3, 0.4) is 0 Å². The van der Waals surface area contributed by atoms with Crippen molar-refractivity contribution < 1.29 is 24.2 Å². The van der Waals surface area contributed by atoms with E-state index in [4.69, 9.17) is 5.73 Å². The average molecular weight is 467 g/mol. The number of nitrogens with one attached hydrogen (secondary N) is 1. The number of carbonyl (C=O) groups is 2. The summed E-state index contributed by atoms with van der Waals surface area (Å²) in [5.74, 6) is -2.69. The fraction of sp³-hybridized carbons (Fsp3) is 0.667. The molecule has 1 aromatic rings.